The number of ether oxygens (including phenoxy) is 1. The number of nitrogens with zero attached hydrogens (tertiary/aromatic N) is 3. The second-order valence-electron chi connectivity index (χ2n) is 15.1. The van der Waals surface area contributed by atoms with Gasteiger partial charge in [0.25, 0.3) is 5.91 Å². The number of nitrogens with one attached hydrogen (secondary N) is 3. The minimum absolute atomic E-state index is 0.146. The Morgan fingerprint density at radius 1 is 0.830 bits per heavy atom. The summed E-state index contributed by atoms with van der Waals surface area (Å²) >= 11 is 0. The molecule has 6 rings (SSSR count). The standard InChI is InChI=1S/C44H49N7O2/c1-42(2,3)50-41(52)35-29-51(44(30-17-10-7-11-18-30,31-19-12-8-13-20-31)32-21-14-9-15-22-32)40-39(35)49-37(28-48-40)38(45)34-27-33(23-24-36(34)47-6)53-26-16-25-43(4,5)46/h7-15,17-24,27-29,45,47H,16,25-26,46H2,1-6H3,(H,50,52). The molecular formula is C44H49N7O2. The van der Waals surface area contributed by atoms with Crippen LogP contribution < -0.4 is 21.1 Å². The van der Waals surface area contributed by atoms with Gasteiger partial charge in [0.05, 0.1) is 24.1 Å². The zero-order chi connectivity index (χ0) is 37.8. The van der Waals surface area contributed by atoms with E-state index in [1.54, 1.807) is 6.20 Å². The number of hydrogen-bond donors (Lipinski definition) is 4. The molecule has 0 bridgehead atoms. The van der Waals surface area contributed by atoms with Gasteiger partial charge >= 0.3 is 0 Å². The second kappa shape index (κ2) is 15.0. The Bertz CT molecular complexity index is 2100. The van der Waals surface area contributed by atoms with E-state index in [1.807, 2.05) is 121 Å². The summed E-state index contributed by atoms with van der Waals surface area (Å²) in [6.07, 6.45) is 5.11. The largest absolute Gasteiger partial charge is 0.494 e. The maximum absolute atomic E-state index is 14.2. The first-order valence-electron chi connectivity index (χ1n) is 18.0. The van der Waals surface area contributed by atoms with Gasteiger partial charge in [-0.3, -0.25) is 10.2 Å². The molecule has 1 amide bonds. The lowest BCUT2D eigenvalue weighted by molar-refractivity contribution is 0.0920. The predicted octanol–water partition coefficient (Wildman–Crippen LogP) is 8.15. The van der Waals surface area contributed by atoms with Crippen molar-refractivity contribution in [2.75, 3.05) is 19.0 Å². The van der Waals surface area contributed by atoms with E-state index in [1.165, 1.54) is 0 Å². The first-order valence-corrected chi connectivity index (χ1v) is 18.0. The van der Waals surface area contributed by atoms with Crippen molar-refractivity contribution in [1.82, 2.24) is 19.9 Å². The highest BCUT2D eigenvalue weighted by molar-refractivity contribution is 6.14. The van der Waals surface area contributed by atoms with Crippen LogP contribution in [0.25, 0.3) is 11.2 Å². The van der Waals surface area contributed by atoms with E-state index in [-0.39, 0.29) is 17.2 Å². The molecule has 0 spiro atoms. The van der Waals surface area contributed by atoms with Crippen molar-refractivity contribution in [3.63, 3.8) is 0 Å². The molecule has 0 aliphatic rings. The van der Waals surface area contributed by atoms with Crippen LogP contribution in [0.2, 0.25) is 0 Å². The minimum Gasteiger partial charge on any atom is -0.494 e. The van der Waals surface area contributed by atoms with Crippen LogP contribution in [0.1, 0.15) is 85.8 Å². The van der Waals surface area contributed by atoms with Crippen LogP contribution in [0, 0.1) is 5.41 Å². The fourth-order valence-corrected chi connectivity index (χ4v) is 6.79. The smallest absolute Gasteiger partial charge is 0.255 e. The SMILES string of the molecule is CNc1ccc(OCCCC(C)(C)N)cc1C(=N)c1cnc2c(n1)c(C(=O)NC(C)(C)C)cn2C(c1ccccc1)(c1ccccc1)c1ccccc1. The van der Waals surface area contributed by atoms with E-state index >= 15 is 0 Å². The van der Waals surface area contributed by atoms with Crippen molar-refractivity contribution >= 4 is 28.5 Å². The van der Waals surface area contributed by atoms with Gasteiger partial charge in [0.2, 0.25) is 0 Å². The molecular weight excluding hydrogens is 659 g/mol. The average molecular weight is 708 g/mol. The first-order chi connectivity index (χ1) is 25.3. The molecule has 5 N–H and O–H groups in total. The highest BCUT2D eigenvalue weighted by atomic mass is 16.5. The summed E-state index contributed by atoms with van der Waals surface area (Å²) < 4.78 is 8.16. The van der Waals surface area contributed by atoms with Crippen molar-refractivity contribution in [2.45, 2.75) is 64.1 Å². The number of carbonyl (C=O) groups excluding carboxylic acids is 1. The van der Waals surface area contributed by atoms with Gasteiger partial charge in [0.15, 0.2) is 5.65 Å². The van der Waals surface area contributed by atoms with E-state index in [9.17, 15) is 10.2 Å². The molecule has 6 aromatic rings. The average Bonchev–Trinajstić information content (AvgIpc) is 3.53. The van der Waals surface area contributed by atoms with Crippen LogP contribution in [0.3, 0.4) is 0 Å². The Labute approximate surface area is 312 Å². The Morgan fingerprint density at radius 3 is 1.91 bits per heavy atom. The Kier molecular flexibility index (Phi) is 10.5. The molecule has 0 saturated heterocycles. The Morgan fingerprint density at radius 2 is 1.40 bits per heavy atom. The lowest BCUT2D eigenvalue weighted by atomic mass is 9.76. The van der Waals surface area contributed by atoms with Gasteiger partial charge in [-0.2, -0.15) is 0 Å². The van der Waals surface area contributed by atoms with Crippen molar-refractivity contribution in [1.29, 1.82) is 5.41 Å². The quantitative estimate of drug-likeness (QED) is 0.0545. The molecule has 0 aliphatic carbocycles. The topological polar surface area (TPSA) is 131 Å². The highest BCUT2D eigenvalue weighted by Gasteiger charge is 2.41. The molecule has 9 heteroatoms. The summed E-state index contributed by atoms with van der Waals surface area (Å²) in [6, 6.07) is 36.4. The van der Waals surface area contributed by atoms with Crippen LogP contribution >= 0.6 is 0 Å². The summed E-state index contributed by atoms with van der Waals surface area (Å²) in [5.41, 5.74) is 10.5. The van der Waals surface area contributed by atoms with Gasteiger partial charge in [-0.05, 0) is 82.3 Å². The van der Waals surface area contributed by atoms with Gasteiger partial charge < -0.3 is 25.7 Å². The highest BCUT2D eigenvalue weighted by Crippen LogP contribution is 2.43. The van der Waals surface area contributed by atoms with Gasteiger partial charge in [0, 0.05) is 35.6 Å². The van der Waals surface area contributed by atoms with Crippen LogP contribution in [0.15, 0.2) is 122 Å². The molecule has 0 aliphatic heterocycles. The maximum Gasteiger partial charge on any atom is 0.255 e. The van der Waals surface area contributed by atoms with Gasteiger partial charge in [-0.1, -0.05) is 91.0 Å². The maximum atomic E-state index is 14.2. The molecule has 0 radical (unpaired) electrons. The fraction of sp³-hybridized carbons (Fsp3) is 0.273. The third kappa shape index (κ3) is 7.85. The van der Waals surface area contributed by atoms with Gasteiger partial charge in [-0.25, -0.2) is 9.97 Å². The van der Waals surface area contributed by atoms with Crippen molar-refractivity contribution in [3.8, 4) is 5.75 Å². The summed E-state index contributed by atoms with van der Waals surface area (Å²) in [4.78, 5) is 24.3. The molecule has 0 unspecified atom stereocenters. The zero-order valence-corrected chi connectivity index (χ0v) is 31.4. The first kappa shape index (κ1) is 37.0. The van der Waals surface area contributed by atoms with Crippen LogP contribution in [0.5, 0.6) is 5.75 Å². The number of rotatable bonds is 13. The minimum atomic E-state index is -0.934. The van der Waals surface area contributed by atoms with E-state index < -0.39 is 11.1 Å². The third-order valence-corrected chi connectivity index (χ3v) is 9.18. The van der Waals surface area contributed by atoms with Crippen molar-refractivity contribution in [2.24, 2.45) is 5.73 Å². The number of carbonyl (C=O) groups is 1. The molecule has 4 aromatic carbocycles. The molecule has 2 aromatic heterocycles. The third-order valence-electron chi connectivity index (χ3n) is 9.18. The molecule has 9 nitrogen and oxygen atoms in total. The van der Waals surface area contributed by atoms with E-state index in [2.05, 4.69) is 51.6 Å². The zero-order valence-electron chi connectivity index (χ0n) is 31.4. The van der Waals surface area contributed by atoms with E-state index in [0.29, 0.717) is 40.3 Å². The van der Waals surface area contributed by atoms with Gasteiger partial charge in [-0.15, -0.1) is 0 Å². The molecule has 0 saturated carbocycles. The summed E-state index contributed by atoms with van der Waals surface area (Å²) in [6.45, 7) is 10.4. The van der Waals surface area contributed by atoms with Gasteiger partial charge in [0.1, 0.15) is 22.5 Å². The molecule has 0 atom stereocenters. The van der Waals surface area contributed by atoms with Crippen molar-refractivity contribution in [3.05, 3.63) is 155 Å². The molecule has 2 heterocycles. The summed E-state index contributed by atoms with van der Waals surface area (Å²) in [7, 11) is 1.82. The lowest BCUT2D eigenvalue weighted by Gasteiger charge is -2.38. The normalized spacial score (nSPS) is 12.1. The number of nitrogens with two attached hydrogens (primary N) is 1. The number of fused-ring (bicyclic) bond motifs is 1. The summed E-state index contributed by atoms with van der Waals surface area (Å²) in [5, 5.41) is 15.8. The molecule has 272 valence electrons. The van der Waals surface area contributed by atoms with Crippen LogP contribution in [0.4, 0.5) is 5.69 Å². The summed E-state index contributed by atoms with van der Waals surface area (Å²) in [5.74, 6) is 0.358. The Balaban J connectivity index is 1.55. The van der Waals surface area contributed by atoms with Crippen LogP contribution in [-0.2, 0) is 5.54 Å². The number of benzene rings is 4. The fourth-order valence-electron chi connectivity index (χ4n) is 6.79. The number of aromatic nitrogens is 3. The number of anilines is 1. The van der Waals surface area contributed by atoms with Crippen molar-refractivity contribution < 1.29 is 9.53 Å². The molecule has 0 fully saturated rings. The predicted molar refractivity (Wildman–Crippen MR) is 214 cm³/mol. The van der Waals surface area contributed by atoms with Crippen LogP contribution in [-0.4, -0.2) is 50.9 Å². The second-order valence-corrected chi connectivity index (χ2v) is 15.1. The van der Waals surface area contributed by atoms with E-state index in [4.69, 9.17) is 20.4 Å². The Hall–Kier alpha value is -5.80. The van der Waals surface area contributed by atoms with E-state index in [0.717, 1.165) is 35.2 Å². The number of hydrogen-bond acceptors (Lipinski definition) is 7. The monoisotopic (exact) mass is 707 g/mol. The lowest BCUT2D eigenvalue weighted by Crippen LogP contribution is -2.40. The molecule has 53 heavy (non-hydrogen) atoms. The number of amides is 1.